The highest BCUT2D eigenvalue weighted by Gasteiger charge is 2.47. The number of hydrogen-bond acceptors (Lipinski definition) is 2. The zero-order valence-corrected chi connectivity index (χ0v) is 29.0. The van der Waals surface area contributed by atoms with Gasteiger partial charge in [0.2, 0.25) is 0 Å². The molecule has 5 aliphatic carbocycles. The van der Waals surface area contributed by atoms with Crippen LogP contribution in [0.4, 0.5) is 11.4 Å². The van der Waals surface area contributed by atoms with Crippen LogP contribution >= 0.6 is 0 Å². The van der Waals surface area contributed by atoms with Gasteiger partial charge in [-0.05, 0) is 103 Å². The smallest absolute Gasteiger partial charge is 0.0552 e. The molecule has 3 aromatic rings. The Labute approximate surface area is 298 Å². The predicted molar refractivity (Wildman–Crippen MR) is 210 cm³/mol. The van der Waals surface area contributed by atoms with Crippen LogP contribution in [0.15, 0.2) is 157 Å². The summed E-state index contributed by atoms with van der Waals surface area (Å²) in [4.78, 5) is 5.58. The number of hydrogen-bond donors (Lipinski definition) is 0. The van der Waals surface area contributed by atoms with Crippen LogP contribution in [0.2, 0.25) is 0 Å². The highest BCUT2D eigenvalue weighted by molar-refractivity contribution is 5.69. The molecular weight excluding hydrogens is 605 g/mol. The lowest BCUT2D eigenvalue weighted by atomic mass is 9.76. The summed E-state index contributed by atoms with van der Waals surface area (Å²) >= 11 is 0. The van der Waals surface area contributed by atoms with E-state index < -0.39 is 0 Å². The molecule has 0 amide bonds. The van der Waals surface area contributed by atoms with Gasteiger partial charge < -0.3 is 9.80 Å². The van der Waals surface area contributed by atoms with E-state index in [0.29, 0.717) is 47.8 Å². The molecule has 50 heavy (non-hydrogen) atoms. The summed E-state index contributed by atoms with van der Waals surface area (Å²) in [6.45, 7) is 0. The lowest BCUT2D eigenvalue weighted by molar-refractivity contribution is 0.446. The van der Waals surface area contributed by atoms with Gasteiger partial charge in [0.25, 0.3) is 0 Å². The van der Waals surface area contributed by atoms with E-state index in [1.165, 1.54) is 71.3 Å². The van der Waals surface area contributed by atoms with Crippen LogP contribution in [-0.4, -0.2) is 24.2 Å². The average Bonchev–Trinajstić information content (AvgIpc) is 3.71. The van der Waals surface area contributed by atoms with E-state index in [0.717, 1.165) is 19.3 Å². The Morgan fingerprint density at radius 2 is 1.52 bits per heavy atom. The van der Waals surface area contributed by atoms with Gasteiger partial charge in [-0.1, -0.05) is 127 Å². The van der Waals surface area contributed by atoms with E-state index in [1.54, 1.807) is 5.57 Å². The zero-order chi connectivity index (χ0) is 33.0. The van der Waals surface area contributed by atoms with Gasteiger partial charge in [0.05, 0.1) is 12.1 Å². The van der Waals surface area contributed by atoms with Gasteiger partial charge in [-0.25, -0.2) is 0 Å². The van der Waals surface area contributed by atoms with Gasteiger partial charge in [0, 0.05) is 47.1 Å². The molecule has 2 aliphatic heterocycles. The first kappa shape index (κ1) is 30.3. The Balaban J connectivity index is 0.929. The van der Waals surface area contributed by atoms with Crippen LogP contribution in [0, 0.1) is 11.8 Å². The van der Waals surface area contributed by atoms with Crippen molar-refractivity contribution in [2.75, 3.05) is 9.80 Å². The molecule has 8 atom stereocenters. The normalized spacial score (nSPS) is 32.1. The molecule has 3 aromatic carbocycles. The predicted octanol–water partition coefficient (Wildman–Crippen LogP) is 11.3. The van der Waals surface area contributed by atoms with Crippen LogP contribution in [0.1, 0.15) is 79.9 Å². The number of nitrogens with zero attached hydrogens (tertiary/aromatic N) is 2. The highest BCUT2D eigenvalue weighted by Crippen LogP contribution is 2.52. The van der Waals surface area contributed by atoms with Gasteiger partial charge in [0.15, 0.2) is 0 Å². The molecule has 2 heteroatoms. The van der Waals surface area contributed by atoms with Crippen LogP contribution < -0.4 is 9.80 Å². The Kier molecular flexibility index (Phi) is 7.66. The molecule has 1 saturated heterocycles. The third-order valence-corrected chi connectivity index (χ3v) is 13.1. The maximum atomic E-state index is 2.85. The third-order valence-electron chi connectivity index (χ3n) is 13.1. The average molecular weight is 653 g/mol. The quantitative estimate of drug-likeness (QED) is 0.253. The number of benzene rings is 3. The summed E-state index contributed by atoms with van der Waals surface area (Å²) in [6, 6.07) is 31.7. The van der Waals surface area contributed by atoms with E-state index in [4.69, 9.17) is 0 Å². The first-order valence-electron chi connectivity index (χ1n) is 19.4. The molecule has 0 aromatic heterocycles. The Bertz CT molecular complexity index is 1990. The number of fused-ring (bicyclic) bond motifs is 6. The van der Waals surface area contributed by atoms with E-state index in [2.05, 4.69) is 155 Å². The number of para-hydroxylation sites is 1. The summed E-state index contributed by atoms with van der Waals surface area (Å²) in [5, 5.41) is 0. The minimum Gasteiger partial charge on any atom is -0.364 e. The standard InChI is InChI=1S/C48H48N2/c1-3-12-33(13-4-1)35-22-26-39(27-23-35)49-45-20-9-7-18-41(45)43-31-37(24-28-47(43)49)38-25-29-48-44(32-38)42-19-8-10-21-46(42)50(48)40-17-11-16-36(30-40)34-14-5-2-6-15-34/h1,3-5,7-14,16-22,25,29-32,34,39,42-44,46-48H,2,6,15,23-24,26-28H2. The molecule has 8 unspecified atom stereocenters. The van der Waals surface area contributed by atoms with Gasteiger partial charge >= 0.3 is 0 Å². The second-order valence-corrected chi connectivity index (χ2v) is 15.7. The first-order chi connectivity index (χ1) is 24.8. The molecule has 0 radical (unpaired) electrons. The second-order valence-electron chi connectivity index (χ2n) is 15.7. The zero-order valence-electron chi connectivity index (χ0n) is 29.0. The molecule has 0 bridgehead atoms. The Morgan fingerprint density at radius 1 is 0.660 bits per heavy atom. The monoisotopic (exact) mass is 652 g/mol. The van der Waals surface area contributed by atoms with Crippen LogP contribution in [0.25, 0.3) is 5.57 Å². The fourth-order valence-corrected chi connectivity index (χ4v) is 10.7. The number of anilines is 2. The maximum absolute atomic E-state index is 2.85. The van der Waals surface area contributed by atoms with Gasteiger partial charge in [0.1, 0.15) is 0 Å². The third kappa shape index (κ3) is 5.13. The van der Waals surface area contributed by atoms with Crippen molar-refractivity contribution in [3.8, 4) is 0 Å². The summed E-state index contributed by atoms with van der Waals surface area (Å²) in [7, 11) is 0. The van der Waals surface area contributed by atoms with E-state index in [1.807, 2.05) is 0 Å². The van der Waals surface area contributed by atoms with Crippen molar-refractivity contribution in [3.63, 3.8) is 0 Å². The molecule has 0 saturated carbocycles. The molecule has 1 fully saturated rings. The number of allylic oxidation sites excluding steroid dienone is 8. The van der Waals surface area contributed by atoms with Crippen molar-refractivity contribution >= 4 is 16.9 Å². The van der Waals surface area contributed by atoms with E-state index >= 15 is 0 Å². The van der Waals surface area contributed by atoms with Gasteiger partial charge in [-0.2, -0.15) is 0 Å². The highest BCUT2D eigenvalue weighted by atomic mass is 15.2. The van der Waals surface area contributed by atoms with Crippen molar-refractivity contribution in [2.24, 2.45) is 11.8 Å². The van der Waals surface area contributed by atoms with Gasteiger partial charge in [-0.15, -0.1) is 0 Å². The molecular formula is C48H48N2. The molecule has 0 spiro atoms. The van der Waals surface area contributed by atoms with Crippen LogP contribution in [-0.2, 0) is 0 Å². The second kappa shape index (κ2) is 12.6. The molecule has 2 heterocycles. The molecule has 250 valence electrons. The summed E-state index contributed by atoms with van der Waals surface area (Å²) < 4.78 is 0. The largest absolute Gasteiger partial charge is 0.364 e. The first-order valence-corrected chi connectivity index (χ1v) is 19.4. The van der Waals surface area contributed by atoms with Crippen molar-refractivity contribution in [3.05, 3.63) is 174 Å². The maximum Gasteiger partial charge on any atom is 0.0552 e. The molecule has 7 aliphatic rings. The molecule has 0 N–H and O–H groups in total. The van der Waals surface area contributed by atoms with Crippen LogP contribution in [0.5, 0.6) is 0 Å². The summed E-state index contributed by atoms with van der Waals surface area (Å²) in [5.41, 5.74) is 11.8. The van der Waals surface area contributed by atoms with Crippen molar-refractivity contribution in [1.82, 2.24) is 0 Å². The lowest BCUT2D eigenvalue weighted by Gasteiger charge is -2.40. The summed E-state index contributed by atoms with van der Waals surface area (Å²) in [5.74, 6) is 1.97. The van der Waals surface area contributed by atoms with Gasteiger partial charge in [-0.3, -0.25) is 0 Å². The minimum atomic E-state index is 0.373. The fraction of sp³-hybridized carbons (Fsp3) is 0.333. The fourth-order valence-electron chi connectivity index (χ4n) is 10.7. The SMILES string of the molecule is C1=CC2C3C=C(C4=CC5c6ccccc6N(C6CC=C(c7ccccc7)CC6)C5CC4)C=CC3N(c3cccc(C4C=CCCC4)c3)C2C=C1. The topological polar surface area (TPSA) is 6.48 Å². The summed E-state index contributed by atoms with van der Waals surface area (Å²) in [6.07, 6.45) is 36.9. The van der Waals surface area contributed by atoms with Crippen molar-refractivity contribution in [2.45, 2.75) is 87.4 Å². The van der Waals surface area contributed by atoms with E-state index in [-0.39, 0.29) is 0 Å². The van der Waals surface area contributed by atoms with E-state index in [9.17, 15) is 0 Å². The minimum absolute atomic E-state index is 0.373. The molecule has 2 nitrogen and oxygen atoms in total. The number of rotatable bonds is 5. The Hall–Kier alpha value is -4.56. The van der Waals surface area contributed by atoms with Crippen molar-refractivity contribution < 1.29 is 0 Å². The molecule has 10 rings (SSSR count). The van der Waals surface area contributed by atoms with Crippen LogP contribution in [0.3, 0.4) is 0 Å². The lowest BCUT2D eigenvalue weighted by Crippen LogP contribution is -2.43. The van der Waals surface area contributed by atoms with Crippen molar-refractivity contribution in [1.29, 1.82) is 0 Å². The Morgan fingerprint density at radius 3 is 2.40 bits per heavy atom.